The van der Waals surface area contributed by atoms with Gasteiger partial charge in [-0.3, -0.25) is 0 Å². The van der Waals surface area contributed by atoms with E-state index < -0.39 is 10.0 Å². The van der Waals surface area contributed by atoms with Crippen molar-refractivity contribution >= 4 is 85.3 Å². The quantitative estimate of drug-likeness (QED) is 0.135. The zero-order chi connectivity index (χ0) is 22.1. The summed E-state index contributed by atoms with van der Waals surface area (Å²) in [7, 11) is -3.98. The Hall–Kier alpha value is -1.20. The minimum Gasteiger partial charge on any atom is -0.505 e. The number of aromatic hydroxyl groups is 1. The number of anilines is 1. The van der Waals surface area contributed by atoms with Gasteiger partial charge in [-0.1, -0.05) is 48.0 Å². The van der Waals surface area contributed by atoms with Crippen LogP contribution in [0.2, 0.25) is 0 Å². The first kappa shape index (κ1) is 23.5. The Morgan fingerprint density at radius 1 is 0.867 bits per heavy atom. The standard InChI is InChI=1S/C20H14Br4N2O3S/c1-11-7-9-13(10-8-11)30(28,29)26-20(12-5-3-2-4-6-12)25-18-14(21)16(23)19(27)17(24)15(18)22/h2-10,27H,1H3,(H,25,26). The molecule has 0 saturated carbocycles. The van der Waals surface area contributed by atoms with E-state index in [1.807, 2.05) is 13.0 Å². The minimum atomic E-state index is -3.98. The van der Waals surface area contributed by atoms with Crippen molar-refractivity contribution in [1.29, 1.82) is 0 Å². The molecule has 0 saturated heterocycles. The topological polar surface area (TPSA) is 78.8 Å². The molecule has 3 aromatic carbocycles. The van der Waals surface area contributed by atoms with Crippen molar-refractivity contribution < 1.29 is 13.5 Å². The third-order valence-electron chi connectivity index (χ3n) is 4.06. The summed E-state index contributed by atoms with van der Waals surface area (Å²) >= 11 is 13.5. The molecule has 0 aliphatic rings. The maximum atomic E-state index is 13.0. The molecular weight excluding hydrogens is 668 g/mol. The van der Waals surface area contributed by atoms with Gasteiger partial charge in [-0.15, -0.1) is 4.40 Å². The van der Waals surface area contributed by atoms with Gasteiger partial charge in [0.1, 0.15) is 5.75 Å². The monoisotopic (exact) mass is 678 g/mol. The highest BCUT2D eigenvalue weighted by atomic mass is 79.9. The molecule has 10 heteroatoms. The number of phenolic OH excluding ortho intramolecular Hbond substituents is 1. The fourth-order valence-corrected chi connectivity index (χ4v) is 5.75. The molecular formula is C20H14Br4N2O3S. The summed E-state index contributed by atoms with van der Waals surface area (Å²) in [6.07, 6.45) is 0. The molecule has 0 unspecified atom stereocenters. The Balaban J connectivity index is 2.17. The van der Waals surface area contributed by atoms with Crippen LogP contribution < -0.4 is 5.32 Å². The lowest BCUT2D eigenvalue weighted by molar-refractivity contribution is 0.467. The molecule has 0 amide bonds. The lowest BCUT2D eigenvalue weighted by atomic mass is 10.2. The average molecular weight is 682 g/mol. The molecule has 3 aromatic rings. The summed E-state index contributed by atoms with van der Waals surface area (Å²) in [6.45, 7) is 1.88. The van der Waals surface area contributed by atoms with Crippen LogP contribution in [0.15, 0.2) is 81.8 Å². The van der Waals surface area contributed by atoms with Crippen molar-refractivity contribution in [2.24, 2.45) is 4.40 Å². The molecule has 3 rings (SSSR count). The van der Waals surface area contributed by atoms with E-state index in [-0.39, 0.29) is 16.5 Å². The second kappa shape index (κ2) is 9.52. The van der Waals surface area contributed by atoms with E-state index in [2.05, 4.69) is 73.4 Å². The van der Waals surface area contributed by atoms with Crippen molar-refractivity contribution in [3.05, 3.63) is 83.6 Å². The van der Waals surface area contributed by atoms with Crippen molar-refractivity contribution in [3.63, 3.8) is 0 Å². The van der Waals surface area contributed by atoms with Gasteiger partial charge in [0.15, 0.2) is 5.84 Å². The zero-order valence-electron chi connectivity index (χ0n) is 15.3. The van der Waals surface area contributed by atoms with Gasteiger partial charge in [-0.05, 0) is 82.8 Å². The Labute approximate surface area is 208 Å². The number of hydrogen-bond donors (Lipinski definition) is 2. The van der Waals surface area contributed by atoms with E-state index in [0.717, 1.165) is 5.56 Å². The zero-order valence-corrected chi connectivity index (χ0v) is 22.5. The number of amidine groups is 1. The first-order chi connectivity index (χ1) is 14.1. The molecule has 156 valence electrons. The van der Waals surface area contributed by atoms with Gasteiger partial charge in [0.05, 0.1) is 28.5 Å². The highest BCUT2D eigenvalue weighted by Crippen LogP contribution is 2.48. The second-order valence-corrected chi connectivity index (χ2v) is 11.0. The van der Waals surface area contributed by atoms with Gasteiger partial charge in [-0.2, -0.15) is 8.42 Å². The first-order valence-corrected chi connectivity index (χ1v) is 13.0. The van der Waals surface area contributed by atoms with Crippen molar-refractivity contribution in [2.75, 3.05) is 5.32 Å². The van der Waals surface area contributed by atoms with E-state index in [1.54, 1.807) is 36.4 Å². The summed E-state index contributed by atoms with van der Waals surface area (Å²) in [5.74, 6) is 0.117. The van der Waals surface area contributed by atoms with Crippen LogP contribution in [0.4, 0.5) is 5.69 Å². The van der Waals surface area contributed by atoms with Crippen LogP contribution in [0.1, 0.15) is 11.1 Å². The van der Waals surface area contributed by atoms with Crippen LogP contribution in [0.5, 0.6) is 5.75 Å². The van der Waals surface area contributed by atoms with Gasteiger partial charge in [0, 0.05) is 5.56 Å². The van der Waals surface area contributed by atoms with Crippen LogP contribution >= 0.6 is 63.7 Å². The molecule has 0 heterocycles. The number of phenols is 1. The lowest BCUT2D eigenvalue weighted by Gasteiger charge is -2.17. The maximum absolute atomic E-state index is 13.0. The van der Waals surface area contributed by atoms with E-state index in [1.165, 1.54) is 12.1 Å². The Morgan fingerprint density at radius 3 is 1.93 bits per heavy atom. The predicted octanol–water partition coefficient (Wildman–Crippen LogP) is 7.00. The van der Waals surface area contributed by atoms with Crippen molar-refractivity contribution in [3.8, 4) is 5.75 Å². The molecule has 0 spiro atoms. The Kier molecular flexibility index (Phi) is 7.44. The number of hydrogen-bond acceptors (Lipinski definition) is 3. The summed E-state index contributed by atoms with van der Waals surface area (Å²) in [5, 5.41) is 13.3. The molecule has 0 aliphatic carbocycles. The fourth-order valence-electron chi connectivity index (χ4n) is 2.48. The molecule has 2 N–H and O–H groups in total. The highest BCUT2D eigenvalue weighted by molar-refractivity contribution is 9.14. The van der Waals surface area contributed by atoms with E-state index >= 15 is 0 Å². The summed E-state index contributed by atoms with van der Waals surface area (Å²) in [4.78, 5) is 0.0922. The first-order valence-electron chi connectivity index (χ1n) is 8.41. The smallest absolute Gasteiger partial charge is 0.284 e. The largest absolute Gasteiger partial charge is 0.505 e. The second-order valence-electron chi connectivity index (χ2n) is 6.20. The number of aryl methyl sites for hydroxylation is 1. The number of benzene rings is 3. The third-order valence-corrected chi connectivity index (χ3v) is 9.55. The van der Waals surface area contributed by atoms with Crippen LogP contribution in [0.25, 0.3) is 0 Å². The maximum Gasteiger partial charge on any atom is 0.284 e. The molecule has 0 aromatic heterocycles. The van der Waals surface area contributed by atoms with Crippen molar-refractivity contribution in [2.45, 2.75) is 11.8 Å². The SMILES string of the molecule is Cc1ccc(S(=O)(=O)/N=C(/Nc2c(Br)c(Br)c(O)c(Br)c2Br)c2ccccc2)cc1. The summed E-state index contributed by atoms with van der Waals surface area (Å²) in [6, 6.07) is 15.4. The fraction of sp³-hybridized carbons (Fsp3) is 0.0500. The molecule has 5 nitrogen and oxygen atoms in total. The predicted molar refractivity (Wildman–Crippen MR) is 134 cm³/mol. The Bertz CT molecular complexity index is 1200. The molecule has 30 heavy (non-hydrogen) atoms. The van der Waals surface area contributed by atoms with Gasteiger partial charge in [0.25, 0.3) is 10.0 Å². The van der Waals surface area contributed by atoms with E-state index in [4.69, 9.17) is 0 Å². The number of sulfonamides is 1. The minimum absolute atomic E-state index is 0.00947. The number of nitrogens with zero attached hydrogens (tertiary/aromatic N) is 1. The van der Waals surface area contributed by atoms with Crippen LogP contribution in [-0.4, -0.2) is 19.4 Å². The molecule has 0 atom stereocenters. The van der Waals surface area contributed by atoms with Gasteiger partial charge >= 0.3 is 0 Å². The molecule has 0 aliphatic heterocycles. The highest BCUT2D eigenvalue weighted by Gasteiger charge is 2.22. The number of rotatable bonds is 4. The number of nitrogens with one attached hydrogen (secondary N) is 1. The summed E-state index contributed by atoms with van der Waals surface area (Å²) < 4.78 is 31.8. The lowest BCUT2D eigenvalue weighted by Crippen LogP contribution is -2.17. The van der Waals surface area contributed by atoms with Crippen molar-refractivity contribution in [1.82, 2.24) is 0 Å². The van der Waals surface area contributed by atoms with E-state index in [0.29, 0.717) is 29.1 Å². The van der Waals surface area contributed by atoms with Gasteiger partial charge < -0.3 is 10.4 Å². The molecule has 0 radical (unpaired) electrons. The van der Waals surface area contributed by atoms with Gasteiger partial charge in [-0.25, -0.2) is 0 Å². The van der Waals surface area contributed by atoms with Crippen LogP contribution in [0.3, 0.4) is 0 Å². The normalized spacial score (nSPS) is 12.1. The van der Waals surface area contributed by atoms with Crippen LogP contribution in [0, 0.1) is 6.92 Å². The van der Waals surface area contributed by atoms with Gasteiger partial charge in [0.2, 0.25) is 0 Å². The third kappa shape index (κ3) is 4.99. The average Bonchev–Trinajstić information content (AvgIpc) is 2.74. The molecule has 0 bridgehead atoms. The summed E-state index contributed by atoms with van der Waals surface area (Å²) in [5.41, 5.74) is 2.01. The molecule has 0 fully saturated rings. The Morgan fingerprint density at radius 2 is 1.40 bits per heavy atom. The van der Waals surface area contributed by atoms with E-state index in [9.17, 15) is 13.5 Å². The number of halogens is 4. The van der Waals surface area contributed by atoms with Crippen LogP contribution in [-0.2, 0) is 10.0 Å².